The molecule has 0 atom stereocenters. The molecule has 1 aliphatic heterocycles. The first kappa shape index (κ1) is 13.4. The van der Waals surface area contributed by atoms with E-state index in [1.54, 1.807) is 4.31 Å². The fourth-order valence-electron chi connectivity index (χ4n) is 2.38. The normalized spacial score (nSPS) is 16.8. The second kappa shape index (κ2) is 4.90. The van der Waals surface area contributed by atoms with E-state index < -0.39 is 10.0 Å². The van der Waals surface area contributed by atoms with E-state index >= 15 is 0 Å². The van der Waals surface area contributed by atoms with Crippen LogP contribution in [-0.4, -0.2) is 25.0 Å². The third kappa shape index (κ3) is 2.67. The van der Waals surface area contributed by atoms with Crippen molar-refractivity contribution in [1.82, 2.24) is 4.31 Å². The van der Waals surface area contributed by atoms with Gasteiger partial charge in [-0.1, -0.05) is 26.0 Å². The van der Waals surface area contributed by atoms with Crippen LogP contribution in [0, 0.1) is 5.92 Å². The molecule has 0 saturated heterocycles. The predicted molar refractivity (Wildman–Crippen MR) is 73.6 cm³/mol. The smallest absolute Gasteiger partial charge is 0.214 e. The third-order valence-corrected chi connectivity index (χ3v) is 5.39. The summed E-state index contributed by atoms with van der Waals surface area (Å²) in [6.07, 6.45) is 0.708. The van der Waals surface area contributed by atoms with Crippen molar-refractivity contribution in [3.8, 4) is 0 Å². The fraction of sp³-hybridized carbons (Fsp3) is 0.538. The summed E-state index contributed by atoms with van der Waals surface area (Å²) < 4.78 is 25.9. The van der Waals surface area contributed by atoms with Gasteiger partial charge in [-0.25, -0.2) is 8.42 Å². The van der Waals surface area contributed by atoms with Gasteiger partial charge >= 0.3 is 0 Å². The Morgan fingerprint density at radius 1 is 1.39 bits per heavy atom. The van der Waals surface area contributed by atoms with Crippen LogP contribution < -0.4 is 5.73 Å². The van der Waals surface area contributed by atoms with Gasteiger partial charge in [0, 0.05) is 18.8 Å². The van der Waals surface area contributed by atoms with E-state index in [9.17, 15) is 8.42 Å². The summed E-state index contributed by atoms with van der Waals surface area (Å²) in [5.41, 5.74) is 8.82. The van der Waals surface area contributed by atoms with Crippen LogP contribution in [0.4, 0.5) is 5.69 Å². The molecule has 0 aliphatic carbocycles. The van der Waals surface area contributed by atoms with Crippen molar-refractivity contribution >= 4 is 15.7 Å². The quantitative estimate of drug-likeness (QED) is 0.847. The van der Waals surface area contributed by atoms with Gasteiger partial charge in [0.2, 0.25) is 10.0 Å². The lowest BCUT2D eigenvalue weighted by atomic mass is 9.99. The maximum atomic E-state index is 12.2. The van der Waals surface area contributed by atoms with E-state index in [0.717, 1.165) is 16.8 Å². The number of hydrogen-bond acceptors (Lipinski definition) is 3. The van der Waals surface area contributed by atoms with Gasteiger partial charge in [-0.3, -0.25) is 0 Å². The highest BCUT2D eigenvalue weighted by molar-refractivity contribution is 7.89. The van der Waals surface area contributed by atoms with Crippen LogP contribution in [0.2, 0.25) is 0 Å². The summed E-state index contributed by atoms with van der Waals surface area (Å²) in [6, 6.07) is 5.71. The number of nitrogens with two attached hydrogens (primary N) is 1. The minimum atomic E-state index is -3.15. The molecule has 1 aromatic carbocycles. The Kier molecular flexibility index (Phi) is 3.64. The van der Waals surface area contributed by atoms with Gasteiger partial charge in [0.25, 0.3) is 0 Å². The molecule has 0 amide bonds. The van der Waals surface area contributed by atoms with Crippen molar-refractivity contribution in [2.24, 2.45) is 5.92 Å². The molecule has 4 nitrogen and oxygen atoms in total. The molecule has 1 aromatic rings. The molecule has 5 heteroatoms. The van der Waals surface area contributed by atoms with Crippen LogP contribution in [-0.2, 0) is 23.0 Å². The van der Waals surface area contributed by atoms with Crippen molar-refractivity contribution in [1.29, 1.82) is 0 Å². The number of sulfonamides is 1. The maximum Gasteiger partial charge on any atom is 0.214 e. The SMILES string of the molecule is CC(C)CS(=O)(=O)N1CCc2c(N)cccc2C1. The second-order valence-electron chi connectivity index (χ2n) is 5.24. The molecule has 100 valence electrons. The molecule has 1 aliphatic rings. The van der Waals surface area contributed by atoms with Crippen molar-refractivity contribution < 1.29 is 8.42 Å². The van der Waals surface area contributed by atoms with Gasteiger partial charge < -0.3 is 5.73 Å². The van der Waals surface area contributed by atoms with Gasteiger partial charge in [-0.2, -0.15) is 4.31 Å². The standard InChI is InChI=1S/C13H20N2O2S/c1-10(2)9-18(16,17)15-7-6-12-11(8-15)4-3-5-13(12)14/h3-5,10H,6-9,14H2,1-2H3. The summed E-state index contributed by atoms with van der Waals surface area (Å²) in [7, 11) is -3.15. The van der Waals surface area contributed by atoms with Gasteiger partial charge in [0.15, 0.2) is 0 Å². The topological polar surface area (TPSA) is 63.4 Å². The molecule has 0 fully saturated rings. The Balaban J connectivity index is 2.23. The third-order valence-electron chi connectivity index (χ3n) is 3.20. The minimum Gasteiger partial charge on any atom is -0.398 e. The molecule has 0 unspecified atom stereocenters. The van der Waals surface area contributed by atoms with E-state index in [2.05, 4.69) is 0 Å². The van der Waals surface area contributed by atoms with E-state index in [1.165, 1.54) is 0 Å². The van der Waals surface area contributed by atoms with Gasteiger partial charge in [0.1, 0.15) is 0 Å². The Morgan fingerprint density at radius 2 is 2.11 bits per heavy atom. The monoisotopic (exact) mass is 268 g/mol. The van der Waals surface area contributed by atoms with Crippen LogP contribution in [0.3, 0.4) is 0 Å². The van der Waals surface area contributed by atoms with Gasteiger partial charge in [-0.05, 0) is 29.5 Å². The lowest BCUT2D eigenvalue weighted by Crippen LogP contribution is -2.38. The molecule has 0 aromatic heterocycles. The van der Waals surface area contributed by atoms with Crippen molar-refractivity contribution in [2.45, 2.75) is 26.8 Å². The molecule has 0 bridgehead atoms. The average Bonchev–Trinajstić information content (AvgIpc) is 2.27. The molecule has 0 saturated carbocycles. The molecule has 0 radical (unpaired) electrons. The largest absolute Gasteiger partial charge is 0.398 e. The van der Waals surface area contributed by atoms with Crippen molar-refractivity contribution in [3.05, 3.63) is 29.3 Å². The summed E-state index contributed by atoms with van der Waals surface area (Å²) in [5.74, 6) is 0.363. The Bertz CT molecular complexity index is 538. The number of fused-ring (bicyclic) bond motifs is 1. The maximum absolute atomic E-state index is 12.2. The predicted octanol–water partition coefficient (Wildman–Crippen LogP) is 1.61. The Labute approximate surface area is 109 Å². The zero-order valence-electron chi connectivity index (χ0n) is 10.9. The highest BCUT2D eigenvalue weighted by atomic mass is 32.2. The van der Waals surface area contributed by atoms with Crippen LogP contribution in [0.25, 0.3) is 0 Å². The number of rotatable bonds is 3. The first-order chi connectivity index (χ1) is 8.40. The zero-order chi connectivity index (χ0) is 13.3. The second-order valence-corrected chi connectivity index (χ2v) is 7.25. The summed E-state index contributed by atoms with van der Waals surface area (Å²) in [4.78, 5) is 0. The van der Waals surface area contributed by atoms with Gasteiger partial charge in [0.05, 0.1) is 5.75 Å². The van der Waals surface area contributed by atoms with Gasteiger partial charge in [-0.15, -0.1) is 0 Å². The molecule has 2 rings (SSSR count). The van der Waals surface area contributed by atoms with E-state index in [1.807, 2.05) is 32.0 Å². The number of nitrogens with zero attached hydrogens (tertiary/aromatic N) is 1. The fourth-order valence-corrected chi connectivity index (χ4v) is 4.14. The Hall–Kier alpha value is -1.07. The number of anilines is 1. The molecular weight excluding hydrogens is 248 g/mol. The van der Waals surface area contributed by atoms with E-state index in [0.29, 0.717) is 19.5 Å². The van der Waals surface area contributed by atoms with Crippen molar-refractivity contribution in [3.63, 3.8) is 0 Å². The lowest BCUT2D eigenvalue weighted by molar-refractivity contribution is 0.388. The van der Waals surface area contributed by atoms with E-state index in [4.69, 9.17) is 5.73 Å². The van der Waals surface area contributed by atoms with Crippen LogP contribution in [0.1, 0.15) is 25.0 Å². The Morgan fingerprint density at radius 3 is 2.78 bits per heavy atom. The summed E-state index contributed by atoms with van der Waals surface area (Å²) in [6.45, 7) is 4.84. The summed E-state index contributed by atoms with van der Waals surface area (Å²) in [5, 5.41) is 0. The first-order valence-corrected chi connectivity index (χ1v) is 7.85. The molecule has 2 N–H and O–H groups in total. The molecule has 18 heavy (non-hydrogen) atoms. The highest BCUT2D eigenvalue weighted by Crippen LogP contribution is 2.26. The van der Waals surface area contributed by atoms with Crippen LogP contribution >= 0.6 is 0 Å². The number of benzene rings is 1. The molecular formula is C13H20N2O2S. The zero-order valence-corrected chi connectivity index (χ0v) is 11.7. The van der Waals surface area contributed by atoms with E-state index in [-0.39, 0.29) is 11.7 Å². The van der Waals surface area contributed by atoms with Crippen LogP contribution in [0.5, 0.6) is 0 Å². The minimum absolute atomic E-state index is 0.150. The number of nitrogen functional groups attached to an aromatic ring is 1. The summed E-state index contributed by atoms with van der Waals surface area (Å²) >= 11 is 0. The number of hydrogen-bond donors (Lipinski definition) is 1. The highest BCUT2D eigenvalue weighted by Gasteiger charge is 2.27. The average molecular weight is 268 g/mol. The van der Waals surface area contributed by atoms with Crippen LogP contribution in [0.15, 0.2) is 18.2 Å². The first-order valence-electron chi connectivity index (χ1n) is 6.24. The molecule has 0 spiro atoms. The lowest BCUT2D eigenvalue weighted by Gasteiger charge is -2.29. The molecule has 1 heterocycles. The van der Waals surface area contributed by atoms with Crippen molar-refractivity contribution in [2.75, 3.05) is 18.0 Å².